The Labute approximate surface area is 122 Å². The van der Waals surface area contributed by atoms with Gasteiger partial charge in [-0.05, 0) is 31.4 Å². The van der Waals surface area contributed by atoms with Crippen LogP contribution < -0.4 is 10.6 Å². The van der Waals surface area contributed by atoms with Crippen LogP contribution >= 0.6 is 0 Å². The minimum absolute atomic E-state index is 0.0665. The van der Waals surface area contributed by atoms with Gasteiger partial charge < -0.3 is 15.5 Å². The third-order valence-corrected chi connectivity index (χ3v) is 4.15. The summed E-state index contributed by atoms with van der Waals surface area (Å²) >= 11 is 0. The fraction of sp³-hybridized carbons (Fsp3) is 0.467. The van der Waals surface area contributed by atoms with E-state index in [1.807, 2.05) is 0 Å². The Bertz CT molecular complexity index is 584. The molecule has 1 unspecified atom stereocenters. The molecule has 0 bridgehead atoms. The van der Waals surface area contributed by atoms with Crippen molar-refractivity contribution in [1.29, 1.82) is 0 Å². The average molecular weight is 291 g/mol. The van der Waals surface area contributed by atoms with Crippen molar-refractivity contribution in [2.75, 3.05) is 24.5 Å². The molecule has 1 aromatic rings. The average Bonchev–Trinajstić information content (AvgIpc) is 2.73. The van der Waals surface area contributed by atoms with Gasteiger partial charge in [0.1, 0.15) is 18.4 Å². The highest BCUT2D eigenvalue weighted by molar-refractivity contribution is 6.07. The molecule has 2 heterocycles. The maximum absolute atomic E-state index is 13.4. The van der Waals surface area contributed by atoms with Crippen LogP contribution in [0.4, 0.5) is 10.1 Å². The molecule has 6 heteroatoms. The van der Waals surface area contributed by atoms with Gasteiger partial charge in [0.05, 0.1) is 5.69 Å². The molecular weight excluding hydrogens is 273 g/mol. The summed E-state index contributed by atoms with van der Waals surface area (Å²) < 4.78 is 13.4. The number of likely N-dealkylation sites (tertiary alicyclic amines) is 1. The summed E-state index contributed by atoms with van der Waals surface area (Å²) in [5, 5.41) is 0. The van der Waals surface area contributed by atoms with Gasteiger partial charge in [-0.25, -0.2) is 4.39 Å². The van der Waals surface area contributed by atoms with Crippen molar-refractivity contribution < 1.29 is 14.0 Å². The topological polar surface area (TPSA) is 66.6 Å². The summed E-state index contributed by atoms with van der Waals surface area (Å²) in [7, 11) is 0. The second kappa shape index (κ2) is 5.44. The van der Waals surface area contributed by atoms with Crippen molar-refractivity contribution in [2.24, 2.45) is 5.73 Å². The van der Waals surface area contributed by atoms with Crippen molar-refractivity contribution in [3.63, 3.8) is 0 Å². The van der Waals surface area contributed by atoms with E-state index in [1.165, 1.54) is 23.1 Å². The van der Waals surface area contributed by atoms with E-state index in [0.717, 1.165) is 32.4 Å². The molecule has 1 saturated heterocycles. The molecule has 1 aromatic carbocycles. The molecule has 2 aliphatic heterocycles. The highest BCUT2D eigenvalue weighted by Crippen LogP contribution is 2.34. The quantitative estimate of drug-likeness (QED) is 0.890. The number of nitrogens with two attached hydrogens (primary N) is 1. The van der Waals surface area contributed by atoms with Gasteiger partial charge >= 0.3 is 0 Å². The first kappa shape index (κ1) is 14.0. The molecule has 0 aromatic heterocycles. The summed E-state index contributed by atoms with van der Waals surface area (Å²) in [6.45, 7) is 1.38. The van der Waals surface area contributed by atoms with E-state index in [1.54, 1.807) is 4.90 Å². The summed E-state index contributed by atoms with van der Waals surface area (Å²) in [6.07, 6.45) is 3.11. The summed E-state index contributed by atoms with van der Waals surface area (Å²) in [5.41, 5.74) is 6.84. The van der Waals surface area contributed by atoms with E-state index in [9.17, 15) is 14.0 Å². The van der Waals surface area contributed by atoms with Gasteiger partial charge in [-0.1, -0.05) is 6.07 Å². The summed E-state index contributed by atoms with van der Waals surface area (Å²) in [4.78, 5) is 27.6. The minimum atomic E-state index is -0.810. The SMILES string of the molecule is NC1C(=O)N(CC(=O)N2CCCCC2)c2cc(F)ccc21. The van der Waals surface area contributed by atoms with Crippen LogP contribution in [-0.2, 0) is 9.59 Å². The first-order valence-electron chi connectivity index (χ1n) is 7.22. The molecule has 3 rings (SSSR count). The molecule has 0 aliphatic carbocycles. The number of anilines is 1. The van der Waals surface area contributed by atoms with Crippen LogP contribution in [0.5, 0.6) is 0 Å². The number of fused-ring (bicyclic) bond motifs is 1. The van der Waals surface area contributed by atoms with Gasteiger partial charge in [-0.15, -0.1) is 0 Å². The number of piperidine rings is 1. The maximum Gasteiger partial charge on any atom is 0.249 e. The number of carbonyl (C=O) groups is 2. The highest BCUT2D eigenvalue weighted by Gasteiger charge is 2.36. The molecule has 1 atom stereocenters. The normalized spacial score (nSPS) is 21.6. The largest absolute Gasteiger partial charge is 0.341 e. The lowest BCUT2D eigenvalue weighted by atomic mass is 10.1. The first-order chi connectivity index (χ1) is 10.1. The van der Waals surface area contributed by atoms with Crippen molar-refractivity contribution in [2.45, 2.75) is 25.3 Å². The molecule has 2 amide bonds. The number of hydrogen-bond donors (Lipinski definition) is 1. The van der Waals surface area contributed by atoms with Gasteiger partial charge in [-0.3, -0.25) is 9.59 Å². The number of rotatable bonds is 2. The smallest absolute Gasteiger partial charge is 0.249 e. The monoisotopic (exact) mass is 291 g/mol. The van der Waals surface area contributed by atoms with E-state index in [0.29, 0.717) is 11.3 Å². The zero-order valence-electron chi connectivity index (χ0n) is 11.7. The fourth-order valence-electron chi connectivity index (χ4n) is 2.97. The lowest BCUT2D eigenvalue weighted by Crippen LogP contribution is -2.44. The van der Waals surface area contributed by atoms with Crippen molar-refractivity contribution in [3.8, 4) is 0 Å². The van der Waals surface area contributed by atoms with Gasteiger partial charge in [0.2, 0.25) is 11.8 Å². The molecule has 0 radical (unpaired) electrons. The Morgan fingerprint density at radius 1 is 1.29 bits per heavy atom. The van der Waals surface area contributed by atoms with Crippen molar-refractivity contribution >= 4 is 17.5 Å². The second-order valence-corrected chi connectivity index (χ2v) is 5.55. The lowest BCUT2D eigenvalue weighted by molar-refractivity contribution is -0.132. The number of carbonyl (C=O) groups excluding carboxylic acids is 2. The van der Waals surface area contributed by atoms with Gasteiger partial charge in [0, 0.05) is 18.7 Å². The lowest BCUT2D eigenvalue weighted by Gasteiger charge is -2.28. The molecule has 2 N–H and O–H groups in total. The Kier molecular flexibility index (Phi) is 3.63. The standard InChI is InChI=1S/C15H18FN3O2/c16-10-4-5-11-12(8-10)19(15(21)14(11)17)9-13(20)18-6-2-1-3-7-18/h4-5,8,14H,1-3,6-7,9,17H2. The van der Waals surface area contributed by atoms with E-state index in [4.69, 9.17) is 5.73 Å². The fourth-order valence-corrected chi connectivity index (χ4v) is 2.97. The van der Waals surface area contributed by atoms with Crippen LogP contribution in [0, 0.1) is 5.82 Å². The Hall–Kier alpha value is -1.95. The van der Waals surface area contributed by atoms with Crippen LogP contribution in [-0.4, -0.2) is 36.3 Å². The number of benzene rings is 1. The summed E-state index contributed by atoms with van der Waals surface area (Å²) in [6, 6.07) is 3.25. The minimum Gasteiger partial charge on any atom is -0.341 e. The van der Waals surface area contributed by atoms with Crippen molar-refractivity contribution in [1.82, 2.24) is 4.90 Å². The molecule has 0 spiro atoms. The zero-order valence-corrected chi connectivity index (χ0v) is 11.7. The molecule has 112 valence electrons. The molecule has 5 nitrogen and oxygen atoms in total. The summed E-state index contributed by atoms with van der Waals surface area (Å²) in [5.74, 6) is -0.889. The van der Waals surface area contributed by atoms with Crippen LogP contribution in [0.15, 0.2) is 18.2 Å². The zero-order chi connectivity index (χ0) is 15.0. The molecule has 2 aliphatic rings. The van der Waals surface area contributed by atoms with E-state index < -0.39 is 11.9 Å². The third-order valence-electron chi connectivity index (χ3n) is 4.15. The van der Waals surface area contributed by atoms with E-state index in [2.05, 4.69) is 0 Å². The molecule has 0 saturated carbocycles. The van der Waals surface area contributed by atoms with Crippen LogP contribution in [0.1, 0.15) is 30.9 Å². The van der Waals surface area contributed by atoms with Crippen LogP contribution in [0.25, 0.3) is 0 Å². The molecule has 1 fully saturated rings. The number of halogens is 1. The molecular formula is C15H18FN3O2. The molecule has 21 heavy (non-hydrogen) atoms. The van der Waals surface area contributed by atoms with E-state index >= 15 is 0 Å². The predicted molar refractivity (Wildman–Crippen MR) is 76.1 cm³/mol. The highest BCUT2D eigenvalue weighted by atomic mass is 19.1. The Morgan fingerprint density at radius 3 is 2.71 bits per heavy atom. The number of amides is 2. The third kappa shape index (κ3) is 2.51. The van der Waals surface area contributed by atoms with Gasteiger partial charge in [0.25, 0.3) is 0 Å². The van der Waals surface area contributed by atoms with Gasteiger partial charge in [-0.2, -0.15) is 0 Å². The maximum atomic E-state index is 13.4. The first-order valence-corrected chi connectivity index (χ1v) is 7.22. The predicted octanol–water partition coefficient (Wildman–Crippen LogP) is 1.18. The Morgan fingerprint density at radius 2 is 2.00 bits per heavy atom. The van der Waals surface area contributed by atoms with Gasteiger partial charge in [0.15, 0.2) is 0 Å². The number of hydrogen-bond acceptors (Lipinski definition) is 3. The Balaban J connectivity index is 1.81. The van der Waals surface area contributed by atoms with E-state index in [-0.39, 0.29) is 18.4 Å². The number of nitrogens with zero attached hydrogens (tertiary/aromatic N) is 2. The van der Waals surface area contributed by atoms with Crippen molar-refractivity contribution in [3.05, 3.63) is 29.6 Å². The second-order valence-electron chi connectivity index (χ2n) is 5.55. The van der Waals surface area contributed by atoms with Crippen LogP contribution in [0.2, 0.25) is 0 Å². The van der Waals surface area contributed by atoms with Crippen LogP contribution in [0.3, 0.4) is 0 Å².